The lowest BCUT2D eigenvalue weighted by atomic mass is 10.4. The van der Waals surface area contributed by atoms with Gasteiger partial charge in [-0.15, -0.1) is 0 Å². The Bertz CT molecular complexity index is 155. The van der Waals surface area contributed by atoms with E-state index in [4.69, 9.17) is 24.4 Å². The number of rotatable bonds is 10. The predicted octanol–water partition coefficient (Wildman–Crippen LogP) is 1.15. The van der Waals surface area contributed by atoms with E-state index in [0.717, 1.165) is 13.2 Å². The molecule has 1 fully saturated rings. The fraction of sp³-hybridized carbons (Fsp3) is 1.00. The zero-order chi connectivity index (χ0) is 16.9. The van der Waals surface area contributed by atoms with Crippen molar-refractivity contribution in [2.24, 2.45) is 0 Å². The molecule has 0 aromatic carbocycles. The molecule has 0 radical (unpaired) electrons. The molecule has 2 N–H and O–H groups in total. The van der Waals surface area contributed by atoms with E-state index in [-0.39, 0.29) is 13.2 Å². The van der Waals surface area contributed by atoms with Gasteiger partial charge in [0.15, 0.2) is 0 Å². The van der Waals surface area contributed by atoms with Gasteiger partial charge in [-0.1, -0.05) is 20.8 Å². The zero-order valence-electron chi connectivity index (χ0n) is 14.8. The van der Waals surface area contributed by atoms with Crippen LogP contribution in [0.2, 0.25) is 0 Å². The maximum Gasteiger partial charge on any atom is 0.0701 e. The van der Waals surface area contributed by atoms with E-state index >= 15 is 0 Å². The Balaban J connectivity index is 0. The van der Waals surface area contributed by atoms with Crippen molar-refractivity contribution >= 4 is 0 Å². The molecule has 0 amide bonds. The molecular formula is C16H37NO5. The topological polar surface area (TPSA) is 71.4 Å². The molecule has 0 atom stereocenters. The van der Waals surface area contributed by atoms with Crippen molar-refractivity contribution in [2.45, 2.75) is 33.6 Å². The molecule has 0 spiro atoms. The second-order valence-corrected chi connectivity index (χ2v) is 4.61. The molecular weight excluding hydrogens is 286 g/mol. The molecule has 0 aromatic heterocycles. The van der Waals surface area contributed by atoms with Crippen molar-refractivity contribution in [3.8, 4) is 0 Å². The van der Waals surface area contributed by atoms with Crippen LogP contribution in [0, 0.1) is 0 Å². The summed E-state index contributed by atoms with van der Waals surface area (Å²) >= 11 is 0. The highest BCUT2D eigenvalue weighted by Crippen LogP contribution is 1.98. The SMILES string of the molecule is C1CCOC1.CCN(CC)CC.OCCOCCOCCO. The number of aliphatic hydroxyl groups excluding tert-OH is 2. The van der Waals surface area contributed by atoms with Gasteiger partial charge in [0.2, 0.25) is 0 Å². The lowest BCUT2D eigenvalue weighted by Crippen LogP contribution is -2.21. The average Bonchev–Trinajstić information content (AvgIpc) is 3.13. The van der Waals surface area contributed by atoms with E-state index in [9.17, 15) is 0 Å². The highest BCUT2D eigenvalue weighted by atomic mass is 16.5. The van der Waals surface area contributed by atoms with E-state index in [1.54, 1.807) is 0 Å². The first kappa shape index (κ1) is 24.0. The molecule has 6 heteroatoms. The van der Waals surface area contributed by atoms with Gasteiger partial charge in [0.05, 0.1) is 39.6 Å². The molecule has 6 nitrogen and oxygen atoms in total. The van der Waals surface area contributed by atoms with Crippen LogP contribution in [0.25, 0.3) is 0 Å². The number of ether oxygens (including phenoxy) is 3. The van der Waals surface area contributed by atoms with E-state index in [1.807, 2.05) is 0 Å². The van der Waals surface area contributed by atoms with Crippen molar-refractivity contribution in [3.63, 3.8) is 0 Å². The second-order valence-electron chi connectivity index (χ2n) is 4.61. The Labute approximate surface area is 136 Å². The number of nitrogens with zero attached hydrogens (tertiary/aromatic N) is 1. The zero-order valence-corrected chi connectivity index (χ0v) is 14.8. The van der Waals surface area contributed by atoms with E-state index in [2.05, 4.69) is 25.7 Å². The third-order valence-electron chi connectivity index (χ3n) is 3.01. The fourth-order valence-electron chi connectivity index (χ4n) is 1.63. The summed E-state index contributed by atoms with van der Waals surface area (Å²) < 4.78 is 14.7. The third-order valence-corrected chi connectivity index (χ3v) is 3.01. The van der Waals surface area contributed by atoms with Gasteiger partial charge in [0.25, 0.3) is 0 Å². The number of hydrogen-bond donors (Lipinski definition) is 2. The van der Waals surface area contributed by atoms with Crippen LogP contribution < -0.4 is 0 Å². The molecule has 0 saturated carbocycles. The summed E-state index contributed by atoms with van der Waals surface area (Å²) in [5.41, 5.74) is 0. The van der Waals surface area contributed by atoms with Crippen molar-refractivity contribution in [1.29, 1.82) is 0 Å². The molecule has 1 aliphatic heterocycles. The summed E-state index contributed by atoms with van der Waals surface area (Å²) in [4.78, 5) is 2.38. The molecule has 1 saturated heterocycles. The molecule has 136 valence electrons. The van der Waals surface area contributed by atoms with Gasteiger partial charge in [-0.2, -0.15) is 0 Å². The van der Waals surface area contributed by atoms with Gasteiger partial charge in [0, 0.05) is 13.2 Å². The van der Waals surface area contributed by atoms with Crippen LogP contribution in [-0.4, -0.2) is 87.6 Å². The van der Waals surface area contributed by atoms with Crippen LogP contribution in [0.4, 0.5) is 0 Å². The van der Waals surface area contributed by atoms with E-state index < -0.39 is 0 Å². The summed E-state index contributed by atoms with van der Waals surface area (Å²) in [7, 11) is 0. The molecule has 22 heavy (non-hydrogen) atoms. The minimum atomic E-state index is 0.0417. The van der Waals surface area contributed by atoms with E-state index in [0.29, 0.717) is 26.4 Å². The largest absolute Gasteiger partial charge is 0.394 e. The Morgan fingerprint density at radius 2 is 1.18 bits per heavy atom. The van der Waals surface area contributed by atoms with Crippen LogP contribution in [0.5, 0.6) is 0 Å². The Morgan fingerprint density at radius 3 is 1.36 bits per heavy atom. The van der Waals surface area contributed by atoms with Crippen molar-refractivity contribution in [1.82, 2.24) is 4.90 Å². The lowest BCUT2D eigenvalue weighted by molar-refractivity contribution is 0.0222. The monoisotopic (exact) mass is 323 g/mol. The third kappa shape index (κ3) is 22.0. The summed E-state index contributed by atoms with van der Waals surface area (Å²) in [5, 5.41) is 16.5. The highest BCUT2D eigenvalue weighted by Gasteiger charge is 1.94. The van der Waals surface area contributed by atoms with Gasteiger partial charge in [-0.3, -0.25) is 0 Å². The summed E-state index contributed by atoms with van der Waals surface area (Å²) in [6, 6.07) is 0. The molecule has 0 aromatic rings. The van der Waals surface area contributed by atoms with Gasteiger partial charge in [0.1, 0.15) is 0 Å². The second kappa shape index (κ2) is 23.0. The van der Waals surface area contributed by atoms with Crippen LogP contribution in [0.15, 0.2) is 0 Å². The van der Waals surface area contributed by atoms with Gasteiger partial charge in [-0.25, -0.2) is 0 Å². The maximum atomic E-state index is 8.26. The number of hydrogen-bond acceptors (Lipinski definition) is 6. The van der Waals surface area contributed by atoms with Crippen molar-refractivity contribution in [3.05, 3.63) is 0 Å². The van der Waals surface area contributed by atoms with Gasteiger partial charge in [-0.05, 0) is 32.5 Å². The maximum absolute atomic E-state index is 8.26. The van der Waals surface area contributed by atoms with Gasteiger partial charge < -0.3 is 29.3 Å². The quantitative estimate of drug-likeness (QED) is 0.588. The molecule has 0 aliphatic carbocycles. The minimum absolute atomic E-state index is 0.0417. The van der Waals surface area contributed by atoms with E-state index in [1.165, 1.54) is 32.5 Å². The minimum Gasteiger partial charge on any atom is -0.394 e. The Hall–Kier alpha value is -0.240. The highest BCUT2D eigenvalue weighted by molar-refractivity contribution is 4.44. The van der Waals surface area contributed by atoms with Crippen LogP contribution >= 0.6 is 0 Å². The summed E-state index contributed by atoms with van der Waals surface area (Å²) in [5.74, 6) is 0. The van der Waals surface area contributed by atoms with Crippen LogP contribution in [-0.2, 0) is 14.2 Å². The van der Waals surface area contributed by atoms with Crippen molar-refractivity contribution in [2.75, 3.05) is 72.5 Å². The molecule has 1 rings (SSSR count). The predicted molar refractivity (Wildman–Crippen MR) is 89.3 cm³/mol. The first-order chi connectivity index (χ1) is 10.8. The molecule has 1 heterocycles. The summed E-state index contributed by atoms with van der Waals surface area (Å²) in [6.07, 6.45) is 2.56. The lowest BCUT2D eigenvalue weighted by Gasteiger charge is -2.13. The Kier molecular flexibility index (Phi) is 25.1. The summed E-state index contributed by atoms with van der Waals surface area (Å²) in [6.45, 7) is 13.9. The van der Waals surface area contributed by atoms with Gasteiger partial charge >= 0.3 is 0 Å². The fourth-order valence-corrected chi connectivity index (χ4v) is 1.63. The average molecular weight is 323 g/mol. The Morgan fingerprint density at radius 1 is 0.773 bits per heavy atom. The normalized spacial score (nSPS) is 13.4. The van der Waals surface area contributed by atoms with Crippen LogP contribution in [0.1, 0.15) is 33.6 Å². The van der Waals surface area contributed by atoms with Crippen molar-refractivity contribution < 1.29 is 24.4 Å². The first-order valence-corrected chi connectivity index (χ1v) is 8.43. The molecule has 1 aliphatic rings. The molecule has 0 unspecified atom stereocenters. The molecule has 0 bridgehead atoms. The number of aliphatic hydroxyl groups is 2. The van der Waals surface area contributed by atoms with Crippen LogP contribution in [0.3, 0.4) is 0 Å². The first-order valence-electron chi connectivity index (χ1n) is 8.43. The smallest absolute Gasteiger partial charge is 0.0701 e. The standard InChI is InChI=1S/C6H15N.C6H14O4.C4H8O/c1-4-7(5-2)6-3;7-1-3-9-5-6-10-4-2-8;1-2-4-5-3-1/h4-6H2,1-3H3;7-8H,1-6H2;1-4H2.